The molecule has 2 atom stereocenters. The fourth-order valence-electron chi connectivity index (χ4n) is 4.62. The van der Waals surface area contributed by atoms with Crippen molar-refractivity contribution in [3.8, 4) is 17.2 Å². The lowest BCUT2D eigenvalue weighted by Crippen LogP contribution is -2.46. The van der Waals surface area contributed by atoms with E-state index in [-0.39, 0.29) is 6.04 Å². The van der Waals surface area contributed by atoms with Crippen LogP contribution in [0.25, 0.3) is 0 Å². The normalized spacial score (nSPS) is 17.1. The summed E-state index contributed by atoms with van der Waals surface area (Å²) in [6.45, 7) is 1.18. The molecule has 0 amide bonds. The molecule has 3 aromatic carbocycles. The largest absolute Gasteiger partial charge is 0.497 e. The number of aliphatic carboxylic acids is 1. The third kappa shape index (κ3) is 5.34. The highest BCUT2D eigenvalue weighted by molar-refractivity contribution is 5.74. The molecule has 1 N–H and O–H groups in total. The lowest BCUT2D eigenvalue weighted by atomic mass is 9.91. The maximum absolute atomic E-state index is 12.2. The second-order valence-corrected chi connectivity index (χ2v) is 8.44. The predicted octanol–water partition coefficient (Wildman–Crippen LogP) is 5.31. The molecule has 1 saturated heterocycles. The van der Waals surface area contributed by atoms with Gasteiger partial charge in [-0.1, -0.05) is 48.9 Å². The number of methoxy groups -OCH3 is 2. The number of likely N-dealkylation sites (tertiary alicyclic amines) is 1. The Bertz CT molecular complexity index is 1080. The van der Waals surface area contributed by atoms with Crippen molar-refractivity contribution in [1.82, 2.24) is 4.90 Å². The van der Waals surface area contributed by atoms with Crippen molar-refractivity contribution in [2.75, 3.05) is 20.8 Å². The van der Waals surface area contributed by atoms with E-state index in [9.17, 15) is 9.90 Å². The van der Waals surface area contributed by atoms with Gasteiger partial charge in [0.15, 0.2) is 0 Å². The van der Waals surface area contributed by atoms with Crippen molar-refractivity contribution in [2.24, 2.45) is 0 Å². The van der Waals surface area contributed by atoms with Gasteiger partial charge in [-0.15, -0.1) is 0 Å². The third-order valence-corrected chi connectivity index (χ3v) is 6.34. The van der Waals surface area contributed by atoms with Gasteiger partial charge in [-0.25, -0.2) is 0 Å². The summed E-state index contributed by atoms with van der Waals surface area (Å²) in [5.41, 5.74) is 2.96. The van der Waals surface area contributed by atoms with E-state index in [4.69, 9.17) is 14.2 Å². The highest BCUT2D eigenvalue weighted by Gasteiger charge is 2.36. The topological polar surface area (TPSA) is 68.2 Å². The summed E-state index contributed by atoms with van der Waals surface area (Å²) in [6, 6.07) is 22.7. The summed E-state index contributed by atoms with van der Waals surface area (Å²) in [5, 5.41) is 9.98. The summed E-state index contributed by atoms with van der Waals surface area (Å²) in [6.07, 6.45) is 2.48. The molecule has 178 valence electrons. The first kappa shape index (κ1) is 23.6. The molecule has 0 bridgehead atoms. The van der Waals surface area contributed by atoms with Crippen molar-refractivity contribution in [1.29, 1.82) is 0 Å². The van der Waals surface area contributed by atoms with Crippen LogP contribution in [0.15, 0.2) is 72.8 Å². The zero-order valence-electron chi connectivity index (χ0n) is 19.6. The van der Waals surface area contributed by atoms with Crippen LogP contribution in [0, 0.1) is 0 Å². The molecule has 34 heavy (non-hydrogen) atoms. The Balaban J connectivity index is 1.69. The maximum Gasteiger partial charge on any atom is 0.320 e. The average molecular weight is 462 g/mol. The standard InChI is InChI=1S/C28H31NO5/c1-32-23-15-16-26(33-2)24(18-23)27(29-17-7-6-10-25(29)28(30)31)21-11-13-22(14-12-21)34-19-20-8-4-3-5-9-20/h3-5,8-9,11-16,18,25,27H,6-7,10,17,19H2,1-2H3,(H,30,31). The van der Waals surface area contributed by atoms with Crippen LogP contribution < -0.4 is 14.2 Å². The van der Waals surface area contributed by atoms with Crippen molar-refractivity contribution < 1.29 is 24.1 Å². The van der Waals surface area contributed by atoms with E-state index >= 15 is 0 Å². The van der Waals surface area contributed by atoms with Gasteiger partial charge < -0.3 is 19.3 Å². The van der Waals surface area contributed by atoms with Crippen molar-refractivity contribution in [3.05, 3.63) is 89.5 Å². The molecule has 1 heterocycles. The highest BCUT2D eigenvalue weighted by atomic mass is 16.5. The minimum atomic E-state index is -0.797. The van der Waals surface area contributed by atoms with E-state index in [0.717, 1.165) is 35.3 Å². The molecular weight excluding hydrogens is 430 g/mol. The van der Waals surface area contributed by atoms with Crippen molar-refractivity contribution in [3.63, 3.8) is 0 Å². The fourth-order valence-corrected chi connectivity index (χ4v) is 4.62. The van der Waals surface area contributed by atoms with Crippen molar-refractivity contribution >= 4 is 5.97 Å². The molecule has 0 radical (unpaired) electrons. The number of benzene rings is 3. The minimum absolute atomic E-state index is 0.297. The molecule has 0 aliphatic carbocycles. The molecular formula is C28H31NO5. The van der Waals surface area contributed by atoms with E-state index in [1.54, 1.807) is 14.2 Å². The number of hydrogen-bond acceptors (Lipinski definition) is 5. The number of ether oxygens (including phenoxy) is 3. The number of hydrogen-bond donors (Lipinski definition) is 1. The van der Waals surface area contributed by atoms with Gasteiger partial charge in [0, 0.05) is 5.56 Å². The third-order valence-electron chi connectivity index (χ3n) is 6.34. The molecule has 2 unspecified atom stereocenters. The van der Waals surface area contributed by atoms with Crippen LogP contribution in [0.5, 0.6) is 17.2 Å². The van der Waals surface area contributed by atoms with Gasteiger partial charge in [-0.05, 0) is 60.8 Å². The monoisotopic (exact) mass is 461 g/mol. The molecule has 1 aliphatic heterocycles. The molecule has 6 heteroatoms. The number of carboxylic acid groups (broad SMARTS) is 1. The maximum atomic E-state index is 12.2. The van der Waals surface area contributed by atoms with Crippen LogP contribution in [-0.2, 0) is 11.4 Å². The number of carboxylic acids is 1. The van der Waals surface area contributed by atoms with Crippen molar-refractivity contribution in [2.45, 2.75) is 38.0 Å². The van der Waals surface area contributed by atoms with E-state index in [1.807, 2.05) is 72.8 Å². The van der Waals surface area contributed by atoms with Crippen LogP contribution in [0.3, 0.4) is 0 Å². The average Bonchev–Trinajstić information content (AvgIpc) is 2.89. The Labute approximate surface area is 200 Å². The second-order valence-electron chi connectivity index (χ2n) is 8.44. The molecule has 0 aromatic heterocycles. The molecule has 6 nitrogen and oxygen atoms in total. The molecule has 1 fully saturated rings. The van der Waals surface area contributed by atoms with Gasteiger partial charge in [0.25, 0.3) is 0 Å². The molecule has 1 aliphatic rings. The second kappa shape index (κ2) is 11.1. The number of carbonyl (C=O) groups is 1. The Morgan fingerprint density at radius 1 is 0.971 bits per heavy atom. The summed E-state index contributed by atoms with van der Waals surface area (Å²) >= 11 is 0. The quantitative estimate of drug-likeness (QED) is 0.466. The van der Waals surface area contributed by atoms with Crippen LogP contribution in [0.4, 0.5) is 0 Å². The van der Waals surface area contributed by atoms with Crippen LogP contribution >= 0.6 is 0 Å². The summed E-state index contributed by atoms with van der Waals surface area (Å²) in [4.78, 5) is 14.2. The number of piperidine rings is 1. The lowest BCUT2D eigenvalue weighted by Gasteiger charge is -2.40. The lowest BCUT2D eigenvalue weighted by molar-refractivity contribution is -0.145. The molecule has 4 rings (SSSR count). The van der Waals surface area contributed by atoms with Gasteiger partial charge in [-0.2, -0.15) is 0 Å². The van der Waals surface area contributed by atoms with Crippen LogP contribution in [-0.4, -0.2) is 42.8 Å². The Kier molecular flexibility index (Phi) is 7.70. The Morgan fingerprint density at radius 2 is 1.71 bits per heavy atom. The number of nitrogens with zero attached hydrogens (tertiary/aromatic N) is 1. The zero-order valence-corrected chi connectivity index (χ0v) is 19.6. The Morgan fingerprint density at radius 3 is 2.38 bits per heavy atom. The van der Waals surface area contributed by atoms with Gasteiger partial charge in [0.05, 0.1) is 20.3 Å². The van der Waals surface area contributed by atoms with E-state index in [1.165, 1.54) is 0 Å². The molecule has 0 saturated carbocycles. The van der Waals surface area contributed by atoms with E-state index in [2.05, 4.69) is 4.90 Å². The van der Waals surface area contributed by atoms with Gasteiger partial charge in [-0.3, -0.25) is 9.69 Å². The van der Waals surface area contributed by atoms with E-state index in [0.29, 0.717) is 31.1 Å². The minimum Gasteiger partial charge on any atom is -0.497 e. The Hall–Kier alpha value is -3.51. The first-order valence-electron chi connectivity index (χ1n) is 11.6. The smallest absolute Gasteiger partial charge is 0.320 e. The number of rotatable bonds is 9. The summed E-state index contributed by atoms with van der Waals surface area (Å²) < 4.78 is 17.1. The predicted molar refractivity (Wildman–Crippen MR) is 131 cm³/mol. The van der Waals surface area contributed by atoms with Gasteiger partial charge in [0.2, 0.25) is 0 Å². The first-order chi connectivity index (χ1) is 16.6. The fraction of sp³-hybridized carbons (Fsp3) is 0.321. The first-order valence-corrected chi connectivity index (χ1v) is 11.6. The summed E-state index contributed by atoms with van der Waals surface area (Å²) in [5.74, 6) is 1.36. The van der Waals surface area contributed by atoms with Crippen LogP contribution in [0.1, 0.15) is 42.0 Å². The van der Waals surface area contributed by atoms with E-state index < -0.39 is 12.0 Å². The SMILES string of the molecule is COc1ccc(OC)c(C(c2ccc(OCc3ccccc3)cc2)N2CCCCC2C(=O)O)c1. The van der Waals surface area contributed by atoms with Crippen LogP contribution in [0.2, 0.25) is 0 Å². The molecule has 0 spiro atoms. The molecule has 3 aromatic rings. The highest BCUT2D eigenvalue weighted by Crippen LogP contribution is 2.40. The van der Waals surface area contributed by atoms with Gasteiger partial charge in [0.1, 0.15) is 29.9 Å². The summed E-state index contributed by atoms with van der Waals surface area (Å²) in [7, 11) is 3.26. The van der Waals surface area contributed by atoms with Gasteiger partial charge >= 0.3 is 5.97 Å². The zero-order chi connectivity index (χ0) is 23.9.